The Labute approximate surface area is 123 Å². The van der Waals surface area contributed by atoms with Crippen molar-refractivity contribution in [1.82, 2.24) is 0 Å². The van der Waals surface area contributed by atoms with Crippen molar-refractivity contribution in [3.05, 3.63) is 29.8 Å². The summed E-state index contributed by atoms with van der Waals surface area (Å²) in [4.78, 5) is 7.79. The summed E-state index contributed by atoms with van der Waals surface area (Å²) in [5.74, 6) is -0.132. The molecule has 7 nitrogen and oxygen atoms in total. The summed E-state index contributed by atoms with van der Waals surface area (Å²) < 4.78 is 11.5. The Hall–Kier alpha value is -2.12. The highest BCUT2D eigenvalue weighted by Crippen LogP contribution is 2.32. The molecule has 1 aromatic rings. The molecule has 7 heteroatoms. The molecule has 1 heterocycles. The average Bonchev–Trinajstić information content (AvgIpc) is 2.37. The van der Waals surface area contributed by atoms with Crippen molar-refractivity contribution in [2.24, 2.45) is 32.6 Å². The maximum Gasteiger partial charge on any atom is 0.223 e. The molecule has 21 heavy (non-hydrogen) atoms. The van der Waals surface area contributed by atoms with Crippen LogP contribution in [0.5, 0.6) is 0 Å². The molecule has 1 aromatic carbocycles. The van der Waals surface area contributed by atoms with Gasteiger partial charge in [0.05, 0.1) is 18.9 Å². The van der Waals surface area contributed by atoms with Gasteiger partial charge in [0, 0.05) is 11.0 Å². The molecular weight excluding hydrogens is 270 g/mol. The third-order valence-corrected chi connectivity index (χ3v) is 2.88. The largest absolute Gasteiger partial charge is 0.370 e. The van der Waals surface area contributed by atoms with Crippen LogP contribution in [-0.4, -0.2) is 25.1 Å². The van der Waals surface area contributed by atoms with Crippen molar-refractivity contribution < 1.29 is 9.47 Å². The maximum absolute atomic E-state index is 5.73. The zero-order valence-electron chi connectivity index (χ0n) is 12.2. The van der Waals surface area contributed by atoms with E-state index in [9.17, 15) is 0 Å². The van der Waals surface area contributed by atoms with Gasteiger partial charge in [-0.3, -0.25) is 0 Å². The van der Waals surface area contributed by atoms with Gasteiger partial charge in [0.1, 0.15) is 0 Å². The predicted octanol–water partition coefficient (Wildman–Crippen LogP) is 0.978. The first-order valence-corrected chi connectivity index (χ1v) is 6.63. The number of nitrogens with two attached hydrogens (primary N) is 3. The van der Waals surface area contributed by atoms with E-state index >= 15 is 0 Å². The van der Waals surface area contributed by atoms with E-state index in [2.05, 4.69) is 23.8 Å². The summed E-state index contributed by atoms with van der Waals surface area (Å²) in [6.07, 6.45) is -0.391. The molecular formula is C14H21N5O2. The topological polar surface area (TPSA) is 121 Å². The van der Waals surface area contributed by atoms with Gasteiger partial charge in [-0.15, -0.1) is 0 Å². The highest BCUT2D eigenvalue weighted by Gasteiger charge is 2.29. The molecule has 0 aromatic heterocycles. The summed E-state index contributed by atoms with van der Waals surface area (Å²) in [5.41, 5.74) is 17.6. The summed E-state index contributed by atoms with van der Waals surface area (Å²) in [6.45, 7) is 5.47. The van der Waals surface area contributed by atoms with Crippen molar-refractivity contribution in [2.45, 2.75) is 20.1 Å². The van der Waals surface area contributed by atoms with Gasteiger partial charge < -0.3 is 26.7 Å². The van der Waals surface area contributed by atoms with Gasteiger partial charge >= 0.3 is 0 Å². The fraction of sp³-hybridized carbons (Fsp3) is 0.429. The van der Waals surface area contributed by atoms with E-state index in [-0.39, 0.29) is 17.3 Å². The third kappa shape index (κ3) is 4.44. The molecule has 1 saturated heterocycles. The van der Waals surface area contributed by atoms with Crippen molar-refractivity contribution in [2.75, 3.05) is 13.2 Å². The van der Waals surface area contributed by atoms with Crippen LogP contribution in [0.15, 0.2) is 34.3 Å². The Balaban J connectivity index is 2.13. The van der Waals surface area contributed by atoms with Gasteiger partial charge in [0.25, 0.3) is 0 Å². The first kappa shape index (κ1) is 15.3. The molecule has 0 radical (unpaired) electrons. The summed E-state index contributed by atoms with van der Waals surface area (Å²) in [6, 6.07) is 7.39. The molecule has 1 aliphatic rings. The van der Waals surface area contributed by atoms with Crippen LogP contribution < -0.4 is 17.2 Å². The minimum absolute atomic E-state index is 0.00114. The molecule has 0 aliphatic carbocycles. The molecule has 0 atom stereocenters. The highest BCUT2D eigenvalue weighted by molar-refractivity contribution is 5.93. The van der Waals surface area contributed by atoms with Crippen LogP contribution in [0.25, 0.3) is 0 Å². The number of ether oxygens (including phenoxy) is 2. The number of hydrogen-bond acceptors (Lipinski definition) is 3. The molecule has 1 fully saturated rings. The minimum atomic E-state index is -0.391. The summed E-state index contributed by atoms with van der Waals surface area (Å²) in [5, 5.41) is 0. The molecule has 0 saturated carbocycles. The van der Waals surface area contributed by atoms with Gasteiger partial charge in [-0.25, -0.2) is 4.99 Å². The van der Waals surface area contributed by atoms with E-state index in [1.165, 1.54) is 0 Å². The Bertz CT molecular complexity index is 554. The number of aliphatic imine (C=N–C) groups is 2. The standard InChI is InChI=1S/C14H21N5O2/c1-14(2)7-20-11(21-8-14)9-4-3-5-10(6-9)18-13(17)19-12(15)16/h3-6,11H,7-8H2,1-2H3,(H6,15,16,17,18,19). The fourth-order valence-corrected chi connectivity index (χ4v) is 1.92. The highest BCUT2D eigenvalue weighted by atomic mass is 16.7. The Morgan fingerprint density at radius 2 is 1.86 bits per heavy atom. The van der Waals surface area contributed by atoms with Crippen LogP contribution in [-0.2, 0) is 9.47 Å². The van der Waals surface area contributed by atoms with Crippen molar-refractivity contribution in [3.8, 4) is 0 Å². The van der Waals surface area contributed by atoms with E-state index < -0.39 is 6.29 Å². The lowest BCUT2D eigenvalue weighted by molar-refractivity contribution is -0.226. The average molecular weight is 291 g/mol. The second-order valence-electron chi connectivity index (χ2n) is 5.72. The molecule has 0 bridgehead atoms. The smallest absolute Gasteiger partial charge is 0.223 e. The number of nitrogens with zero attached hydrogens (tertiary/aromatic N) is 2. The second kappa shape index (κ2) is 6.11. The van der Waals surface area contributed by atoms with Crippen molar-refractivity contribution in [1.29, 1.82) is 0 Å². The lowest BCUT2D eigenvalue weighted by Crippen LogP contribution is -2.33. The monoisotopic (exact) mass is 291 g/mol. The SMILES string of the molecule is CC1(C)COC(c2cccc(N=C(N)N=C(N)N)c2)OC1. The summed E-state index contributed by atoms with van der Waals surface area (Å²) in [7, 11) is 0. The number of guanidine groups is 2. The Morgan fingerprint density at radius 3 is 2.48 bits per heavy atom. The molecule has 1 aliphatic heterocycles. The maximum atomic E-state index is 5.73. The van der Waals surface area contributed by atoms with Crippen LogP contribution in [0, 0.1) is 5.41 Å². The van der Waals surface area contributed by atoms with E-state index in [4.69, 9.17) is 26.7 Å². The normalized spacial score (nSPS) is 19.2. The van der Waals surface area contributed by atoms with Gasteiger partial charge in [-0.05, 0) is 12.1 Å². The van der Waals surface area contributed by atoms with Gasteiger partial charge in [0.2, 0.25) is 5.96 Å². The van der Waals surface area contributed by atoms with Crippen molar-refractivity contribution >= 4 is 17.6 Å². The van der Waals surface area contributed by atoms with E-state index in [0.717, 1.165) is 5.56 Å². The first-order chi connectivity index (χ1) is 9.85. The predicted molar refractivity (Wildman–Crippen MR) is 82.0 cm³/mol. The molecule has 2 rings (SSSR count). The summed E-state index contributed by atoms with van der Waals surface area (Å²) >= 11 is 0. The molecule has 6 N–H and O–H groups in total. The first-order valence-electron chi connectivity index (χ1n) is 6.63. The molecule has 0 spiro atoms. The Morgan fingerprint density at radius 1 is 1.19 bits per heavy atom. The molecule has 114 valence electrons. The number of rotatable bonds is 2. The van der Waals surface area contributed by atoms with Gasteiger partial charge in [-0.2, -0.15) is 4.99 Å². The van der Waals surface area contributed by atoms with E-state index in [1.807, 2.05) is 18.2 Å². The lowest BCUT2D eigenvalue weighted by Gasteiger charge is -2.34. The lowest BCUT2D eigenvalue weighted by atomic mass is 9.95. The van der Waals surface area contributed by atoms with Crippen LogP contribution in [0.3, 0.4) is 0 Å². The number of hydrogen-bond donors (Lipinski definition) is 3. The van der Waals surface area contributed by atoms with Gasteiger partial charge in [0.15, 0.2) is 12.2 Å². The zero-order chi connectivity index (χ0) is 15.5. The van der Waals surface area contributed by atoms with E-state index in [1.54, 1.807) is 6.07 Å². The second-order valence-corrected chi connectivity index (χ2v) is 5.72. The zero-order valence-corrected chi connectivity index (χ0v) is 12.2. The van der Waals surface area contributed by atoms with Crippen LogP contribution in [0.1, 0.15) is 25.7 Å². The van der Waals surface area contributed by atoms with Crippen LogP contribution >= 0.6 is 0 Å². The minimum Gasteiger partial charge on any atom is -0.370 e. The quantitative estimate of drug-likeness (QED) is 0.554. The van der Waals surface area contributed by atoms with E-state index in [0.29, 0.717) is 18.9 Å². The number of benzene rings is 1. The Kier molecular flexibility index (Phi) is 4.44. The fourth-order valence-electron chi connectivity index (χ4n) is 1.92. The van der Waals surface area contributed by atoms with Gasteiger partial charge in [-0.1, -0.05) is 26.0 Å². The molecule has 0 amide bonds. The van der Waals surface area contributed by atoms with Crippen LogP contribution in [0.4, 0.5) is 5.69 Å². The van der Waals surface area contributed by atoms with Crippen LogP contribution in [0.2, 0.25) is 0 Å². The molecule has 0 unspecified atom stereocenters. The third-order valence-electron chi connectivity index (χ3n) is 2.88. The van der Waals surface area contributed by atoms with Crippen molar-refractivity contribution in [3.63, 3.8) is 0 Å².